The zero-order valence-electron chi connectivity index (χ0n) is 10.9. The van der Waals surface area contributed by atoms with E-state index >= 15 is 0 Å². The first kappa shape index (κ1) is 11.9. The Kier molecular flexibility index (Phi) is 3.21. The highest BCUT2D eigenvalue weighted by Gasteiger charge is 2.35. The zero-order valence-corrected chi connectivity index (χ0v) is 10.9. The number of hydrogen-bond acceptors (Lipinski definition) is 2. The summed E-state index contributed by atoms with van der Waals surface area (Å²) in [6.45, 7) is 2.68. The summed E-state index contributed by atoms with van der Waals surface area (Å²) >= 11 is 0. The zero-order chi connectivity index (χ0) is 12.5. The number of fused-ring (bicyclic) bond motifs is 1. The van der Waals surface area contributed by atoms with Gasteiger partial charge in [-0.2, -0.15) is 0 Å². The van der Waals surface area contributed by atoms with E-state index in [0.29, 0.717) is 12.4 Å². The van der Waals surface area contributed by atoms with E-state index in [1.807, 2.05) is 0 Å². The van der Waals surface area contributed by atoms with Crippen LogP contribution >= 0.6 is 0 Å². The minimum Gasteiger partial charge on any atom is -0.378 e. The summed E-state index contributed by atoms with van der Waals surface area (Å²) in [6, 6.07) is 8.43. The second-order valence-electron chi connectivity index (χ2n) is 5.62. The molecule has 18 heavy (non-hydrogen) atoms. The average molecular weight is 244 g/mol. The largest absolute Gasteiger partial charge is 0.378 e. The summed E-state index contributed by atoms with van der Waals surface area (Å²) in [4.78, 5) is 12.6. The topological polar surface area (TPSA) is 26.3 Å². The van der Waals surface area contributed by atoms with Crippen LogP contribution in [0.1, 0.15) is 43.2 Å². The van der Waals surface area contributed by atoms with Crippen LogP contribution in [0.2, 0.25) is 0 Å². The van der Waals surface area contributed by atoms with Crippen LogP contribution in [0.15, 0.2) is 24.3 Å². The van der Waals surface area contributed by atoms with Gasteiger partial charge in [-0.1, -0.05) is 24.3 Å². The molecule has 0 amide bonds. The fraction of sp³-hybridized carbons (Fsp3) is 0.562. The first-order valence-corrected chi connectivity index (χ1v) is 6.99. The molecule has 3 rings (SSSR count). The van der Waals surface area contributed by atoms with Gasteiger partial charge in [-0.05, 0) is 43.7 Å². The lowest BCUT2D eigenvalue weighted by Gasteiger charge is -2.26. The van der Waals surface area contributed by atoms with E-state index in [9.17, 15) is 4.79 Å². The third-order valence-corrected chi connectivity index (χ3v) is 4.31. The number of ether oxygens (including phenoxy) is 1. The van der Waals surface area contributed by atoms with E-state index in [2.05, 4.69) is 31.2 Å². The van der Waals surface area contributed by atoms with Crippen LogP contribution in [0.3, 0.4) is 0 Å². The smallest absolute Gasteiger partial charge is 0.145 e. The second-order valence-corrected chi connectivity index (χ2v) is 5.62. The van der Waals surface area contributed by atoms with E-state index in [1.54, 1.807) is 0 Å². The van der Waals surface area contributed by atoms with Crippen molar-refractivity contribution in [3.63, 3.8) is 0 Å². The number of carbonyl (C=O) groups is 1. The van der Waals surface area contributed by atoms with Crippen molar-refractivity contribution in [1.82, 2.24) is 0 Å². The molecule has 3 atom stereocenters. The quantitative estimate of drug-likeness (QED) is 0.799. The van der Waals surface area contributed by atoms with Crippen molar-refractivity contribution >= 4 is 5.78 Å². The lowest BCUT2D eigenvalue weighted by molar-refractivity contribution is -0.124. The van der Waals surface area contributed by atoms with Gasteiger partial charge in [0.05, 0.1) is 12.7 Å². The van der Waals surface area contributed by atoms with Crippen LogP contribution in [-0.4, -0.2) is 18.5 Å². The highest BCUT2D eigenvalue weighted by molar-refractivity contribution is 5.88. The fourth-order valence-corrected chi connectivity index (χ4v) is 3.35. The van der Waals surface area contributed by atoms with Gasteiger partial charge in [-0.25, -0.2) is 0 Å². The van der Waals surface area contributed by atoms with E-state index in [0.717, 1.165) is 25.7 Å². The third-order valence-electron chi connectivity index (χ3n) is 4.31. The van der Waals surface area contributed by atoms with Crippen LogP contribution in [0.25, 0.3) is 0 Å². The number of benzene rings is 1. The normalized spacial score (nSPS) is 31.1. The Morgan fingerprint density at radius 1 is 1.33 bits per heavy atom. The molecule has 0 saturated carbocycles. The Hall–Kier alpha value is -1.15. The molecule has 2 heteroatoms. The molecule has 2 aliphatic rings. The predicted molar refractivity (Wildman–Crippen MR) is 70.6 cm³/mol. The van der Waals surface area contributed by atoms with Gasteiger partial charge in [0.15, 0.2) is 0 Å². The first-order chi connectivity index (χ1) is 8.75. The Morgan fingerprint density at radius 2 is 2.17 bits per heavy atom. The van der Waals surface area contributed by atoms with Crippen LogP contribution in [-0.2, 0) is 16.0 Å². The number of hydrogen-bond donors (Lipinski definition) is 0. The summed E-state index contributed by atoms with van der Waals surface area (Å²) in [5.74, 6) is 0.650. The maximum absolute atomic E-state index is 12.6. The molecule has 0 aromatic heterocycles. The molecule has 1 saturated heterocycles. The highest BCUT2D eigenvalue weighted by atomic mass is 16.5. The van der Waals surface area contributed by atoms with Gasteiger partial charge in [0.25, 0.3) is 0 Å². The summed E-state index contributed by atoms with van der Waals surface area (Å²) < 4.78 is 5.54. The molecule has 1 aliphatic heterocycles. The standard InChI is InChI=1S/C16H20O2/c1-11-9-13(10-18-11)16(17)15-8-4-6-12-5-2-3-7-14(12)15/h2-3,5,7,11,13,15H,4,6,8-10H2,1H3. The van der Waals surface area contributed by atoms with Crippen molar-refractivity contribution in [2.75, 3.05) is 6.61 Å². The van der Waals surface area contributed by atoms with Gasteiger partial charge in [0, 0.05) is 11.8 Å². The maximum Gasteiger partial charge on any atom is 0.145 e. The maximum atomic E-state index is 12.6. The van der Waals surface area contributed by atoms with Gasteiger partial charge in [0.1, 0.15) is 5.78 Å². The molecule has 1 aromatic carbocycles. The van der Waals surface area contributed by atoms with Gasteiger partial charge in [0.2, 0.25) is 0 Å². The highest BCUT2D eigenvalue weighted by Crippen LogP contribution is 2.36. The Bertz CT molecular complexity index is 452. The van der Waals surface area contributed by atoms with Gasteiger partial charge >= 0.3 is 0 Å². The number of carbonyl (C=O) groups excluding carboxylic acids is 1. The molecule has 96 valence electrons. The van der Waals surface area contributed by atoms with E-state index in [4.69, 9.17) is 4.74 Å². The molecule has 1 aromatic rings. The first-order valence-electron chi connectivity index (χ1n) is 6.99. The molecular weight excluding hydrogens is 224 g/mol. The Balaban J connectivity index is 1.83. The van der Waals surface area contributed by atoms with Crippen LogP contribution in [0, 0.1) is 5.92 Å². The lowest BCUT2D eigenvalue weighted by atomic mass is 9.77. The van der Waals surface area contributed by atoms with Crippen molar-refractivity contribution in [3.05, 3.63) is 35.4 Å². The Morgan fingerprint density at radius 3 is 2.94 bits per heavy atom. The minimum atomic E-state index is 0.119. The number of Topliss-reactive ketones (excluding diaryl/α,β-unsaturated/α-hetero) is 1. The molecule has 1 fully saturated rings. The summed E-state index contributed by atoms with van der Waals surface area (Å²) in [5, 5.41) is 0. The molecule has 2 nitrogen and oxygen atoms in total. The van der Waals surface area contributed by atoms with Crippen molar-refractivity contribution < 1.29 is 9.53 Å². The molecule has 0 bridgehead atoms. The van der Waals surface area contributed by atoms with Crippen LogP contribution in [0.5, 0.6) is 0 Å². The lowest BCUT2D eigenvalue weighted by Crippen LogP contribution is -2.25. The summed E-state index contributed by atoms with van der Waals surface area (Å²) in [5.41, 5.74) is 2.64. The summed E-state index contributed by atoms with van der Waals surface area (Å²) in [7, 11) is 0. The number of ketones is 1. The van der Waals surface area contributed by atoms with Crippen molar-refractivity contribution in [3.8, 4) is 0 Å². The number of rotatable bonds is 2. The van der Waals surface area contributed by atoms with Crippen LogP contribution < -0.4 is 0 Å². The fourth-order valence-electron chi connectivity index (χ4n) is 3.35. The van der Waals surface area contributed by atoms with E-state index < -0.39 is 0 Å². The van der Waals surface area contributed by atoms with Crippen molar-refractivity contribution in [2.45, 2.75) is 44.6 Å². The van der Waals surface area contributed by atoms with Crippen LogP contribution in [0.4, 0.5) is 0 Å². The van der Waals surface area contributed by atoms with Gasteiger partial charge < -0.3 is 4.74 Å². The number of aryl methyl sites for hydroxylation is 1. The van der Waals surface area contributed by atoms with E-state index in [-0.39, 0.29) is 17.9 Å². The molecule has 1 aliphatic carbocycles. The second kappa shape index (κ2) is 4.85. The molecule has 0 spiro atoms. The predicted octanol–water partition coefficient (Wildman–Crippen LogP) is 3.10. The molecular formula is C16H20O2. The molecule has 3 unspecified atom stereocenters. The van der Waals surface area contributed by atoms with E-state index in [1.165, 1.54) is 11.1 Å². The monoisotopic (exact) mass is 244 g/mol. The van der Waals surface area contributed by atoms with Crippen molar-refractivity contribution in [1.29, 1.82) is 0 Å². The van der Waals surface area contributed by atoms with Gasteiger partial charge in [-0.3, -0.25) is 4.79 Å². The SMILES string of the molecule is CC1CC(C(=O)C2CCCc3ccccc32)CO1. The molecule has 0 radical (unpaired) electrons. The Labute approximate surface area is 108 Å². The average Bonchev–Trinajstić information content (AvgIpc) is 2.84. The van der Waals surface area contributed by atoms with Gasteiger partial charge in [-0.15, -0.1) is 0 Å². The minimum absolute atomic E-state index is 0.119. The summed E-state index contributed by atoms with van der Waals surface area (Å²) in [6.07, 6.45) is 4.42. The molecule has 0 N–H and O–H groups in total. The van der Waals surface area contributed by atoms with Crippen molar-refractivity contribution in [2.24, 2.45) is 5.92 Å². The molecule has 1 heterocycles. The third kappa shape index (κ3) is 2.10.